The topological polar surface area (TPSA) is 41.5 Å². The van der Waals surface area contributed by atoms with Gasteiger partial charge in [-0.25, -0.2) is 0 Å². The van der Waals surface area contributed by atoms with Crippen molar-refractivity contribution in [2.45, 2.75) is 12.8 Å². The lowest BCUT2D eigenvalue weighted by Gasteiger charge is -2.20. The molecule has 3 heteroatoms. The van der Waals surface area contributed by atoms with Crippen LogP contribution >= 0.6 is 0 Å². The minimum absolute atomic E-state index is 0.729. The molecule has 3 nitrogen and oxygen atoms in total. The number of nitrogens with zero attached hydrogens (tertiary/aromatic N) is 1. The van der Waals surface area contributed by atoms with Crippen molar-refractivity contribution in [2.75, 3.05) is 19.6 Å². The van der Waals surface area contributed by atoms with Crippen LogP contribution in [-0.2, 0) is 0 Å². The molecule has 0 amide bonds. The van der Waals surface area contributed by atoms with Crippen LogP contribution in [0.1, 0.15) is 28.8 Å². The average molecular weight is 308 g/mol. The van der Waals surface area contributed by atoms with Gasteiger partial charge in [-0.1, -0.05) is 60.7 Å². The normalized spacial score (nSPS) is 15.0. The number of hydrogen-bond acceptors (Lipinski definition) is 3. The molecular formula is C20H24N2O. The van der Waals surface area contributed by atoms with Crippen molar-refractivity contribution in [1.29, 1.82) is 0 Å². The van der Waals surface area contributed by atoms with E-state index in [1.807, 2.05) is 42.6 Å². The molecule has 2 aromatic rings. The molecule has 0 saturated carbocycles. The van der Waals surface area contributed by atoms with Crippen LogP contribution in [0, 0.1) is 5.92 Å². The molecule has 1 saturated heterocycles. The highest BCUT2D eigenvalue weighted by Crippen LogP contribution is 2.11. The van der Waals surface area contributed by atoms with Crippen molar-refractivity contribution in [2.24, 2.45) is 10.9 Å². The van der Waals surface area contributed by atoms with Gasteiger partial charge in [0.15, 0.2) is 0 Å². The van der Waals surface area contributed by atoms with E-state index < -0.39 is 0 Å². The first-order chi connectivity index (χ1) is 11.4. The maximum absolute atomic E-state index is 10.0. The van der Waals surface area contributed by atoms with Crippen molar-refractivity contribution in [3.8, 4) is 0 Å². The Hall–Kier alpha value is -2.26. The molecule has 1 fully saturated rings. The zero-order valence-corrected chi connectivity index (χ0v) is 13.4. The number of hydrogen-bond donors (Lipinski definition) is 1. The highest BCUT2D eigenvalue weighted by atomic mass is 16.1. The van der Waals surface area contributed by atoms with Gasteiger partial charge in [0.25, 0.3) is 0 Å². The molecule has 0 aromatic heterocycles. The highest BCUT2D eigenvalue weighted by Gasteiger charge is 2.11. The van der Waals surface area contributed by atoms with Crippen LogP contribution in [0.25, 0.3) is 0 Å². The van der Waals surface area contributed by atoms with Gasteiger partial charge in [0, 0.05) is 18.3 Å². The van der Waals surface area contributed by atoms with Gasteiger partial charge in [-0.2, -0.15) is 0 Å². The largest absolute Gasteiger partial charge is 0.317 e. The summed E-state index contributed by atoms with van der Waals surface area (Å²) in [6.07, 6.45) is 5.36. The summed E-state index contributed by atoms with van der Waals surface area (Å²) >= 11 is 0. The second-order valence-corrected chi connectivity index (χ2v) is 5.63. The summed E-state index contributed by atoms with van der Waals surface area (Å²) in [7, 11) is 0. The lowest BCUT2D eigenvalue weighted by Crippen LogP contribution is -2.28. The molecule has 0 atom stereocenters. The minimum Gasteiger partial charge on any atom is -0.317 e. The fourth-order valence-electron chi connectivity index (χ4n) is 2.44. The van der Waals surface area contributed by atoms with Crippen LogP contribution in [0.4, 0.5) is 0 Å². The zero-order valence-electron chi connectivity index (χ0n) is 13.4. The first-order valence-corrected chi connectivity index (χ1v) is 8.14. The average Bonchev–Trinajstić information content (AvgIpc) is 2.65. The number of piperidine rings is 1. The van der Waals surface area contributed by atoms with Crippen LogP contribution in [0.15, 0.2) is 65.7 Å². The van der Waals surface area contributed by atoms with Crippen LogP contribution < -0.4 is 5.32 Å². The Morgan fingerprint density at radius 2 is 1.48 bits per heavy atom. The van der Waals surface area contributed by atoms with Gasteiger partial charge in [0.05, 0.1) is 0 Å². The van der Waals surface area contributed by atoms with Crippen molar-refractivity contribution < 1.29 is 4.79 Å². The number of rotatable bonds is 4. The van der Waals surface area contributed by atoms with Gasteiger partial charge in [0.1, 0.15) is 6.29 Å². The number of benzene rings is 2. The Labute approximate surface area is 138 Å². The lowest BCUT2D eigenvalue weighted by atomic mass is 9.98. The number of aldehydes is 1. The van der Waals surface area contributed by atoms with Gasteiger partial charge in [-0.15, -0.1) is 0 Å². The molecule has 3 rings (SSSR count). The molecule has 0 unspecified atom stereocenters. The van der Waals surface area contributed by atoms with Gasteiger partial charge in [-0.3, -0.25) is 9.79 Å². The quantitative estimate of drug-likeness (QED) is 0.692. The van der Waals surface area contributed by atoms with Crippen LogP contribution in [0.3, 0.4) is 0 Å². The van der Waals surface area contributed by atoms with Crippen LogP contribution in [0.5, 0.6) is 0 Å². The molecule has 1 aliphatic rings. The molecular weight excluding hydrogens is 284 g/mol. The van der Waals surface area contributed by atoms with E-state index in [0.29, 0.717) is 0 Å². The summed E-state index contributed by atoms with van der Waals surface area (Å²) in [5.41, 5.74) is 1.93. The number of carbonyl (C=O) groups is 1. The van der Waals surface area contributed by atoms with E-state index >= 15 is 0 Å². The molecule has 1 N–H and O–H groups in total. The monoisotopic (exact) mass is 308 g/mol. The number of carbonyl (C=O) groups excluding carboxylic acids is 1. The second-order valence-electron chi connectivity index (χ2n) is 5.63. The third-order valence-corrected chi connectivity index (χ3v) is 3.80. The number of aliphatic imine (C=N–C) groups is 1. The smallest absolute Gasteiger partial charge is 0.150 e. The third kappa shape index (κ3) is 7.02. The second kappa shape index (κ2) is 10.5. The molecule has 0 aliphatic carbocycles. The van der Waals surface area contributed by atoms with Crippen molar-refractivity contribution in [3.63, 3.8) is 0 Å². The first-order valence-electron chi connectivity index (χ1n) is 8.14. The van der Waals surface area contributed by atoms with E-state index in [4.69, 9.17) is 0 Å². The Morgan fingerprint density at radius 3 is 2.00 bits per heavy atom. The molecule has 1 aliphatic heterocycles. The predicted octanol–water partition coefficient (Wildman–Crippen LogP) is 3.60. The van der Waals surface area contributed by atoms with E-state index in [0.717, 1.165) is 37.4 Å². The lowest BCUT2D eigenvalue weighted by molar-refractivity contribution is 0.112. The van der Waals surface area contributed by atoms with Crippen molar-refractivity contribution in [1.82, 2.24) is 5.32 Å². The highest BCUT2D eigenvalue weighted by molar-refractivity contribution is 5.79. The van der Waals surface area contributed by atoms with Gasteiger partial charge in [-0.05, 0) is 37.4 Å². The van der Waals surface area contributed by atoms with E-state index in [2.05, 4.69) is 22.4 Å². The van der Waals surface area contributed by atoms with Crippen molar-refractivity contribution >= 4 is 12.5 Å². The Morgan fingerprint density at radius 1 is 0.913 bits per heavy atom. The van der Waals surface area contributed by atoms with Crippen LogP contribution in [0.2, 0.25) is 0 Å². The molecule has 23 heavy (non-hydrogen) atoms. The maximum atomic E-state index is 10.0. The molecule has 1 heterocycles. The van der Waals surface area contributed by atoms with E-state index in [1.165, 1.54) is 18.4 Å². The fraction of sp³-hybridized carbons (Fsp3) is 0.300. The summed E-state index contributed by atoms with van der Waals surface area (Å²) in [6, 6.07) is 19.4. The summed E-state index contributed by atoms with van der Waals surface area (Å²) < 4.78 is 0. The van der Waals surface area contributed by atoms with E-state index in [1.54, 1.807) is 12.1 Å². The number of nitrogens with one attached hydrogen (secondary N) is 1. The summed E-state index contributed by atoms with van der Waals surface area (Å²) in [5, 5.41) is 3.37. The summed E-state index contributed by atoms with van der Waals surface area (Å²) in [6.45, 7) is 3.30. The van der Waals surface area contributed by atoms with Gasteiger partial charge >= 0.3 is 0 Å². The van der Waals surface area contributed by atoms with Gasteiger partial charge in [0.2, 0.25) is 0 Å². The maximum Gasteiger partial charge on any atom is 0.150 e. The summed E-state index contributed by atoms with van der Waals surface area (Å²) in [5.74, 6) is 0.784. The predicted molar refractivity (Wildman–Crippen MR) is 96.3 cm³/mol. The van der Waals surface area contributed by atoms with E-state index in [9.17, 15) is 4.79 Å². The molecule has 0 spiro atoms. The standard InChI is InChI=1S/C13H18N2.C7H6O/c1-2-4-12(5-3-1)10-15-11-13-6-8-14-9-7-13;8-6-7-4-2-1-3-5-7/h1-5,10,13-14H,6-9,11H2;1-6H. The minimum atomic E-state index is 0.729. The van der Waals surface area contributed by atoms with Gasteiger partial charge < -0.3 is 5.32 Å². The summed E-state index contributed by atoms with van der Waals surface area (Å²) in [4.78, 5) is 14.5. The molecule has 2 aromatic carbocycles. The van der Waals surface area contributed by atoms with Crippen LogP contribution in [-0.4, -0.2) is 32.1 Å². The Balaban J connectivity index is 0.000000203. The Kier molecular flexibility index (Phi) is 7.78. The molecule has 0 radical (unpaired) electrons. The zero-order chi connectivity index (χ0) is 16.2. The Bertz CT molecular complexity index is 575. The van der Waals surface area contributed by atoms with E-state index in [-0.39, 0.29) is 0 Å². The molecule has 120 valence electrons. The SMILES string of the molecule is C(=NCC1CCNCC1)c1ccccc1.O=Cc1ccccc1. The first kappa shape index (κ1) is 17.1. The third-order valence-electron chi connectivity index (χ3n) is 3.80. The fourth-order valence-corrected chi connectivity index (χ4v) is 2.44. The molecule has 0 bridgehead atoms. The van der Waals surface area contributed by atoms with Crippen molar-refractivity contribution in [3.05, 3.63) is 71.8 Å².